The van der Waals surface area contributed by atoms with E-state index in [9.17, 15) is 17.6 Å². The van der Waals surface area contributed by atoms with E-state index < -0.39 is 22.7 Å². The van der Waals surface area contributed by atoms with Gasteiger partial charge in [0.15, 0.2) is 0 Å². The Hall–Kier alpha value is 0.295. The minimum Gasteiger partial charge on any atom is -1.00 e. The third-order valence-corrected chi connectivity index (χ3v) is 9.71. The molecule has 6 aliphatic rings. The van der Waals surface area contributed by atoms with Crippen LogP contribution in [0.3, 0.4) is 0 Å². The molecular formula is C27H47BF4N4NaO. The number of nitrogens with zero attached hydrogens (tertiary/aromatic N) is 3. The van der Waals surface area contributed by atoms with Gasteiger partial charge in [-0.05, 0) is 91.4 Å². The molecule has 0 aromatic rings. The largest absolute Gasteiger partial charge is 1.00 e. The van der Waals surface area contributed by atoms with Crippen molar-refractivity contribution in [2.24, 2.45) is 15.8 Å². The monoisotopic (exact) mass is 553 g/mol. The van der Waals surface area contributed by atoms with Gasteiger partial charge in [0.1, 0.15) is 0 Å². The van der Waals surface area contributed by atoms with Crippen LogP contribution in [0, 0.1) is 10.8 Å². The predicted molar refractivity (Wildman–Crippen MR) is 142 cm³/mol. The maximum absolute atomic E-state index is 13.2. The average molecular weight is 553 g/mol. The molecule has 5 nitrogen and oxygen atoms in total. The zero-order valence-electron chi connectivity index (χ0n) is 24.9. The number of aliphatic imine (C=N–C) groups is 1. The number of nitrogens with one attached hydrogen (secondary N) is 1. The summed E-state index contributed by atoms with van der Waals surface area (Å²) < 4.78 is 52.9. The van der Waals surface area contributed by atoms with E-state index in [1.54, 1.807) is 0 Å². The van der Waals surface area contributed by atoms with E-state index in [0.717, 1.165) is 59.2 Å². The second-order valence-electron chi connectivity index (χ2n) is 12.3. The normalized spacial score (nSPS) is 33.6. The molecule has 3 saturated heterocycles. The van der Waals surface area contributed by atoms with E-state index in [-0.39, 0.29) is 52.2 Å². The van der Waals surface area contributed by atoms with Crippen LogP contribution in [-0.2, 0) is 0 Å². The Balaban J connectivity index is 0.000000342. The van der Waals surface area contributed by atoms with Gasteiger partial charge in [0, 0.05) is 70.1 Å². The van der Waals surface area contributed by atoms with Gasteiger partial charge in [0.2, 0.25) is 0 Å². The molecule has 5 fully saturated rings. The topological polar surface area (TPSA) is 51.1 Å². The number of rotatable bonds is 4. The number of likely N-dealkylation sites (tertiary alicyclic amines) is 2. The van der Waals surface area contributed by atoms with Crippen molar-refractivity contribution in [3.8, 4) is 0 Å². The number of piperidine rings is 2. The number of alkyl halides is 4. The standard InChI is InChI=1S/C13H22F2N2.C13H20F2N2.CH4O.B.Na.H/c2*1-10-2-3-11(16-10)8-17-6-4-12(5-7-17)9-13(12,14)15;1-2;;;/h10-11,16H,2-9H2,1H3;11H,2-9H2,1H3;2H,1H3;;;/q;;;;+1;-1/t10?,11-;11-;;;;/m00..../s1. The molecule has 213 valence electrons. The number of aliphatic hydroxyl groups excluding tert-OH is 1. The van der Waals surface area contributed by atoms with E-state index >= 15 is 0 Å². The van der Waals surface area contributed by atoms with Crippen LogP contribution in [0.1, 0.15) is 79.5 Å². The first-order valence-electron chi connectivity index (χ1n) is 14.0. The van der Waals surface area contributed by atoms with Crippen molar-refractivity contribution in [1.82, 2.24) is 15.1 Å². The SMILES string of the molecule is CC1=N[C@H](CN2CCC3(CC2)CC3(F)F)CC1.CC1CC[C@@H](CN2CCC3(CC2)CC3(F)F)N1.CO.[B].[H-].[Na+]. The molecule has 6 rings (SSSR count). The molecule has 1 unspecified atom stereocenters. The zero-order valence-corrected chi connectivity index (χ0v) is 25.9. The molecule has 11 heteroatoms. The molecule has 2 N–H and O–H groups in total. The first-order valence-corrected chi connectivity index (χ1v) is 14.0. The van der Waals surface area contributed by atoms with E-state index in [4.69, 9.17) is 5.11 Å². The first-order chi connectivity index (χ1) is 17.0. The summed E-state index contributed by atoms with van der Waals surface area (Å²) in [6.07, 6.45) is 7.76. The van der Waals surface area contributed by atoms with Gasteiger partial charge in [-0.1, -0.05) is 0 Å². The van der Waals surface area contributed by atoms with Gasteiger partial charge in [-0.3, -0.25) is 4.99 Å². The second kappa shape index (κ2) is 13.5. The quantitative estimate of drug-likeness (QED) is 0.408. The van der Waals surface area contributed by atoms with Crippen molar-refractivity contribution in [3.63, 3.8) is 0 Å². The smallest absolute Gasteiger partial charge is 1.00 e. The minimum absolute atomic E-state index is 0. The molecule has 3 radical (unpaired) electrons. The summed E-state index contributed by atoms with van der Waals surface area (Å²) in [6.45, 7) is 9.71. The number of aliphatic hydroxyl groups is 1. The van der Waals surface area contributed by atoms with Crippen LogP contribution in [0.5, 0.6) is 0 Å². The Bertz CT molecular complexity index is 796. The van der Waals surface area contributed by atoms with Crippen molar-refractivity contribution in [3.05, 3.63) is 0 Å². The predicted octanol–water partition coefficient (Wildman–Crippen LogP) is 1.32. The molecule has 0 aromatic carbocycles. The Morgan fingerprint density at radius 2 is 1.32 bits per heavy atom. The van der Waals surface area contributed by atoms with Crippen LogP contribution >= 0.6 is 0 Å². The van der Waals surface area contributed by atoms with Crippen LogP contribution < -0.4 is 34.9 Å². The third kappa shape index (κ3) is 7.77. The molecule has 3 atom stereocenters. The van der Waals surface area contributed by atoms with Gasteiger partial charge < -0.3 is 21.6 Å². The Labute approximate surface area is 252 Å². The molecule has 4 aliphatic heterocycles. The van der Waals surface area contributed by atoms with Gasteiger partial charge >= 0.3 is 29.6 Å². The van der Waals surface area contributed by atoms with Gasteiger partial charge in [-0.25, -0.2) is 17.6 Å². The van der Waals surface area contributed by atoms with Crippen LogP contribution in [0.4, 0.5) is 17.6 Å². The summed E-state index contributed by atoms with van der Waals surface area (Å²) in [5.74, 6) is -4.71. The summed E-state index contributed by atoms with van der Waals surface area (Å²) in [4.78, 5) is 9.29. The van der Waals surface area contributed by atoms with E-state index in [1.165, 1.54) is 18.6 Å². The molecular weight excluding hydrogens is 506 g/mol. The van der Waals surface area contributed by atoms with Gasteiger partial charge in [-0.15, -0.1) is 0 Å². The zero-order chi connectivity index (χ0) is 26.2. The summed E-state index contributed by atoms with van der Waals surface area (Å²) in [5, 5.41) is 10.6. The number of hydrogen-bond acceptors (Lipinski definition) is 5. The summed E-state index contributed by atoms with van der Waals surface area (Å²) in [6, 6.07) is 1.63. The maximum Gasteiger partial charge on any atom is 1.00 e. The molecule has 2 spiro atoms. The van der Waals surface area contributed by atoms with Crippen LogP contribution in [-0.4, -0.2) is 105 Å². The molecule has 38 heavy (non-hydrogen) atoms. The fourth-order valence-corrected chi connectivity index (χ4v) is 6.90. The summed E-state index contributed by atoms with van der Waals surface area (Å²) in [7, 11) is 1.00. The Morgan fingerprint density at radius 1 is 0.868 bits per heavy atom. The van der Waals surface area contributed by atoms with Crippen molar-refractivity contribution in [1.29, 1.82) is 0 Å². The van der Waals surface area contributed by atoms with Crippen LogP contribution in [0.25, 0.3) is 0 Å². The number of halogens is 4. The van der Waals surface area contributed by atoms with Gasteiger partial charge in [-0.2, -0.15) is 0 Å². The number of hydrogen-bond donors (Lipinski definition) is 2. The van der Waals surface area contributed by atoms with Crippen LogP contribution in [0.2, 0.25) is 0 Å². The molecule has 2 aliphatic carbocycles. The molecule has 2 saturated carbocycles. The fraction of sp³-hybridized carbons (Fsp3) is 0.963. The third-order valence-electron chi connectivity index (χ3n) is 9.71. The fourth-order valence-electron chi connectivity index (χ4n) is 6.90. The Morgan fingerprint density at radius 3 is 1.66 bits per heavy atom. The van der Waals surface area contributed by atoms with E-state index in [2.05, 4.69) is 34.0 Å². The summed E-state index contributed by atoms with van der Waals surface area (Å²) >= 11 is 0. The Kier molecular flexibility index (Phi) is 12.3. The molecule has 0 aromatic heterocycles. The van der Waals surface area contributed by atoms with E-state index in [0.29, 0.717) is 43.8 Å². The van der Waals surface area contributed by atoms with E-state index in [1.807, 2.05) is 0 Å². The molecule has 0 amide bonds. The summed E-state index contributed by atoms with van der Waals surface area (Å²) in [5.41, 5.74) is 0.0374. The second-order valence-corrected chi connectivity index (χ2v) is 12.3. The first kappa shape index (κ1) is 34.5. The van der Waals surface area contributed by atoms with Gasteiger partial charge in [0.05, 0.1) is 6.04 Å². The molecule has 4 heterocycles. The van der Waals surface area contributed by atoms with Crippen LogP contribution in [0.15, 0.2) is 4.99 Å². The van der Waals surface area contributed by atoms with Crippen molar-refractivity contribution < 1.29 is 53.7 Å². The van der Waals surface area contributed by atoms with Crippen molar-refractivity contribution >= 4 is 14.1 Å². The maximum atomic E-state index is 13.2. The molecule has 0 bridgehead atoms. The van der Waals surface area contributed by atoms with Crippen molar-refractivity contribution in [2.45, 2.75) is 108 Å². The van der Waals surface area contributed by atoms with Crippen molar-refractivity contribution in [2.75, 3.05) is 46.4 Å². The average Bonchev–Trinajstić information content (AvgIpc) is 3.28. The minimum atomic E-state index is -2.36. The van der Waals surface area contributed by atoms with Gasteiger partial charge in [0.25, 0.3) is 11.8 Å².